The molecular weight excluding hydrogens is 492 g/mol. The zero-order valence-electron chi connectivity index (χ0n) is 18.4. The molecule has 0 N–H and O–H groups in total. The second-order valence-corrected chi connectivity index (χ2v) is 11.4. The van der Waals surface area contributed by atoms with E-state index >= 15 is 0 Å². The normalized spacial score (nSPS) is 16.2. The lowest BCUT2D eigenvalue weighted by Gasteiger charge is -2.19. The maximum absolute atomic E-state index is 13.4. The smallest absolute Gasteiger partial charge is 0.197 e. The number of hydrogen-bond acceptors (Lipinski definition) is 6. The summed E-state index contributed by atoms with van der Waals surface area (Å²) in [5.41, 5.74) is 0. The minimum Gasteiger partial charge on any atom is -0.480 e. The summed E-state index contributed by atoms with van der Waals surface area (Å²) in [5, 5.41) is 0. The Bertz CT molecular complexity index is 996. The van der Waals surface area contributed by atoms with Crippen molar-refractivity contribution < 1.29 is 18.3 Å². The number of hydrogen-bond donors (Lipinski definition) is 0. The van der Waals surface area contributed by atoms with E-state index in [2.05, 4.69) is 0 Å². The van der Waals surface area contributed by atoms with Gasteiger partial charge in [-0.3, -0.25) is 0 Å². The van der Waals surface area contributed by atoms with Crippen molar-refractivity contribution in [2.75, 3.05) is 19.8 Å². The molecule has 0 saturated carbocycles. The van der Waals surface area contributed by atoms with Crippen LogP contribution in [0.4, 0.5) is 8.78 Å². The Morgan fingerprint density at radius 3 is 2.06 bits per heavy atom. The van der Waals surface area contributed by atoms with Crippen LogP contribution in [0.25, 0.3) is 0 Å². The van der Waals surface area contributed by atoms with Crippen LogP contribution in [0.5, 0.6) is 0 Å². The first-order valence-electron chi connectivity index (χ1n) is 11.0. The zero-order valence-corrected chi connectivity index (χ0v) is 20.9. The molecule has 1 aliphatic rings. The first-order valence-corrected chi connectivity index (χ1v) is 13.5. The molecule has 0 spiro atoms. The van der Waals surface area contributed by atoms with E-state index in [1.165, 1.54) is 36.2 Å². The number of nitrogens with zero attached hydrogens (tertiary/aromatic N) is 1. The summed E-state index contributed by atoms with van der Waals surface area (Å²) < 4.78 is 43.3. The van der Waals surface area contributed by atoms with Gasteiger partial charge in [-0.15, -0.1) is 23.5 Å². The molecular formula is C26H25F2NO2S3. The van der Waals surface area contributed by atoms with E-state index in [1.54, 1.807) is 47.8 Å². The van der Waals surface area contributed by atoms with E-state index in [-0.39, 0.29) is 16.2 Å². The summed E-state index contributed by atoms with van der Waals surface area (Å²) in [7, 11) is 0. The van der Waals surface area contributed by atoms with Crippen LogP contribution in [-0.4, -0.2) is 30.3 Å². The van der Waals surface area contributed by atoms with Crippen LogP contribution in [0, 0.1) is 17.6 Å². The van der Waals surface area contributed by atoms with Gasteiger partial charge in [0.05, 0.1) is 17.8 Å². The molecule has 0 amide bonds. The number of thioether (sulfide) groups is 2. The summed E-state index contributed by atoms with van der Waals surface area (Å²) in [5.74, 6) is 0.473. The fourth-order valence-corrected chi connectivity index (χ4v) is 6.33. The van der Waals surface area contributed by atoms with Crippen LogP contribution >= 0.6 is 35.5 Å². The zero-order chi connectivity index (χ0) is 23.6. The van der Waals surface area contributed by atoms with Crippen LogP contribution < -0.4 is 0 Å². The highest BCUT2D eigenvalue weighted by Crippen LogP contribution is 2.38. The summed E-state index contributed by atoms with van der Waals surface area (Å²) in [6, 6.07) is 22.8. The molecule has 0 bridgehead atoms. The van der Waals surface area contributed by atoms with Crippen molar-refractivity contribution in [3.8, 4) is 0 Å². The van der Waals surface area contributed by atoms with E-state index in [4.69, 9.17) is 13.9 Å². The van der Waals surface area contributed by atoms with E-state index in [1.807, 2.05) is 30.3 Å². The van der Waals surface area contributed by atoms with Crippen LogP contribution in [0.15, 0.2) is 97.9 Å². The van der Waals surface area contributed by atoms with Crippen molar-refractivity contribution >= 4 is 41.4 Å². The first-order chi connectivity index (χ1) is 16.6. The lowest BCUT2D eigenvalue weighted by Crippen LogP contribution is -2.17. The van der Waals surface area contributed by atoms with Gasteiger partial charge >= 0.3 is 0 Å². The molecule has 3 aromatic carbocycles. The fraction of sp³-hybridized carbons (Fsp3) is 0.269. The topological polar surface area (TPSA) is 30.8 Å². The molecule has 3 aromatic rings. The van der Waals surface area contributed by atoms with E-state index in [0.717, 1.165) is 27.7 Å². The first kappa shape index (κ1) is 25.1. The Balaban J connectivity index is 1.51. The average molecular weight is 518 g/mol. The minimum absolute atomic E-state index is 0.00845. The highest BCUT2D eigenvalue weighted by molar-refractivity contribution is 8.17. The Kier molecular flexibility index (Phi) is 9.74. The Labute approximate surface area is 211 Å². The van der Waals surface area contributed by atoms with Gasteiger partial charge in [-0.1, -0.05) is 18.2 Å². The SMILES string of the molecule is Fc1ccc(SC(C/C(=N/Sc2ccccc2)OCC2CCOC2)Sc2ccc(F)cc2)cc1. The number of benzene rings is 3. The molecule has 1 fully saturated rings. The Morgan fingerprint density at radius 2 is 1.50 bits per heavy atom. The molecule has 4 rings (SSSR count). The van der Waals surface area contributed by atoms with Crippen LogP contribution in [0.2, 0.25) is 0 Å². The Hall–Kier alpha value is -2.00. The summed E-state index contributed by atoms with van der Waals surface area (Å²) in [6.07, 6.45) is 1.54. The predicted octanol–water partition coefficient (Wildman–Crippen LogP) is 7.72. The molecule has 1 aliphatic heterocycles. The molecule has 3 nitrogen and oxygen atoms in total. The van der Waals surface area contributed by atoms with Crippen molar-refractivity contribution in [3.05, 3.63) is 90.5 Å². The standard InChI is InChI=1S/C26H25F2NO2S3/c27-20-6-10-22(11-7-20)32-26(33-23-12-8-21(28)9-13-23)16-25(31-18-19-14-15-30-17-19)29-34-24-4-2-1-3-5-24/h1-13,19,26H,14-18H2/b29-25-. The summed E-state index contributed by atoms with van der Waals surface area (Å²) >= 11 is 4.61. The van der Waals surface area contributed by atoms with Gasteiger partial charge in [0.2, 0.25) is 0 Å². The molecule has 1 saturated heterocycles. The molecule has 0 aromatic heterocycles. The predicted molar refractivity (Wildman–Crippen MR) is 138 cm³/mol. The lowest BCUT2D eigenvalue weighted by molar-refractivity contribution is 0.163. The minimum atomic E-state index is -0.268. The van der Waals surface area contributed by atoms with Crippen molar-refractivity contribution in [2.45, 2.75) is 32.1 Å². The number of rotatable bonds is 10. The largest absolute Gasteiger partial charge is 0.480 e. The second kappa shape index (κ2) is 13.2. The van der Waals surface area contributed by atoms with Gasteiger partial charge in [0, 0.05) is 45.6 Å². The van der Waals surface area contributed by atoms with Gasteiger partial charge in [0.15, 0.2) is 5.90 Å². The van der Waals surface area contributed by atoms with E-state index in [9.17, 15) is 8.78 Å². The summed E-state index contributed by atoms with van der Waals surface area (Å²) in [4.78, 5) is 2.92. The van der Waals surface area contributed by atoms with Gasteiger partial charge < -0.3 is 9.47 Å². The second-order valence-electron chi connectivity index (χ2n) is 7.71. The third kappa shape index (κ3) is 8.34. The average Bonchev–Trinajstić information content (AvgIpc) is 3.38. The summed E-state index contributed by atoms with van der Waals surface area (Å²) in [6.45, 7) is 2.03. The van der Waals surface area contributed by atoms with Crippen molar-refractivity contribution in [1.29, 1.82) is 0 Å². The Morgan fingerprint density at radius 1 is 0.882 bits per heavy atom. The molecule has 0 radical (unpaired) electrons. The maximum atomic E-state index is 13.4. The molecule has 0 aliphatic carbocycles. The van der Waals surface area contributed by atoms with Crippen molar-refractivity contribution in [3.63, 3.8) is 0 Å². The van der Waals surface area contributed by atoms with Crippen LogP contribution in [0.3, 0.4) is 0 Å². The van der Waals surface area contributed by atoms with Crippen molar-refractivity contribution in [2.24, 2.45) is 10.3 Å². The third-order valence-corrected chi connectivity index (χ3v) is 8.31. The third-order valence-electron chi connectivity index (χ3n) is 5.01. The molecule has 1 heterocycles. The molecule has 34 heavy (non-hydrogen) atoms. The van der Waals surface area contributed by atoms with Gasteiger partial charge in [-0.05, 0) is 67.1 Å². The van der Waals surface area contributed by atoms with E-state index < -0.39 is 0 Å². The van der Waals surface area contributed by atoms with Gasteiger partial charge in [0.25, 0.3) is 0 Å². The lowest BCUT2D eigenvalue weighted by atomic mass is 10.1. The molecule has 178 valence electrons. The van der Waals surface area contributed by atoms with Gasteiger partial charge in [-0.2, -0.15) is 4.40 Å². The molecule has 8 heteroatoms. The van der Waals surface area contributed by atoms with E-state index in [0.29, 0.717) is 31.5 Å². The van der Waals surface area contributed by atoms with Gasteiger partial charge in [-0.25, -0.2) is 8.78 Å². The quantitative estimate of drug-likeness (QED) is 0.0903. The fourth-order valence-electron chi connectivity index (χ4n) is 3.22. The number of ether oxygens (including phenoxy) is 2. The maximum Gasteiger partial charge on any atom is 0.197 e. The number of halogens is 2. The van der Waals surface area contributed by atoms with Crippen LogP contribution in [-0.2, 0) is 9.47 Å². The monoisotopic (exact) mass is 517 g/mol. The van der Waals surface area contributed by atoms with Crippen molar-refractivity contribution in [1.82, 2.24) is 0 Å². The highest BCUT2D eigenvalue weighted by Gasteiger charge is 2.21. The van der Waals surface area contributed by atoms with Crippen LogP contribution in [0.1, 0.15) is 12.8 Å². The molecule has 1 unspecified atom stereocenters. The highest BCUT2D eigenvalue weighted by atomic mass is 32.2. The van der Waals surface area contributed by atoms with Gasteiger partial charge in [0.1, 0.15) is 11.6 Å². The molecule has 1 atom stereocenters.